The van der Waals surface area contributed by atoms with Crippen molar-refractivity contribution in [3.63, 3.8) is 0 Å². The maximum atomic E-state index is 12.0. The number of carboxylic acid groups (broad SMARTS) is 1. The molecule has 1 aliphatic heterocycles. The van der Waals surface area contributed by atoms with Crippen LogP contribution in [0.2, 0.25) is 5.02 Å². The first-order valence-electron chi connectivity index (χ1n) is 9.83. The molecule has 4 aromatic rings. The number of ether oxygens (including phenoxy) is 2. The summed E-state index contributed by atoms with van der Waals surface area (Å²) in [5, 5.41) is 19.2. The molecule has 0 saturated heterocycles. The molecule has 0 unspecified atom stereocenters. The van der Waals surface area contributed by atoms with Crippen LogP contribution in [0, 0.1) is 6.92 Å². The molecule has 0 saturated carbocycles. The third kappa shape index (κ3) is 3.20. The average molecular weight is 451 g/mol. The number of aromatic carboxylic acids is 1. The van der Waals surface area contributed by atoms with E-state index < -0.39 is 5.97 Å². The molecule has 0 radical (unpaired) electrons. The standard InChI is InChI=1S/C23H19ClN4O4/c1-12-6-13(24)8-14(7-12)28-22-16-9-15(18-4-5-27(2)25-18)19(31-3)10-20(16)32-11-17(22)21(26-28)23(29)30/h4-10H,11H2,1-3H3,(H,29,30). The summed E-state index contributed by atoms with van der Waals surface area (Å²) in [5.74, 6) is 0.0594. The zero-order valence-electron chi connectivity index (χ0n) is 17.6. The monoisotopic (exact) mass is 450 g/mol. The number of carbonyl (C=O) groups is 1. The summed E-state index contributed by atoms with van der Waals surface area (Å²) in [6.07, 6.45) is 1.84. The van der Waals surface area contributed by atoms with E-state index in [1.807, 2.05) is 44.4 Å². The Balaban J connectivity index is 1.81. The van der Waals surface area contributed by atoms with Crippen molar-refractivity contribution < 1.29 is 19.4 Å². The second-order valence-corrected chi connectivity index (χ2v) is 8.03. The average Bonchev–Trinajstić information content (AvgIpc) is 3.36. The topological polar surface area (TPSA) is 91.4 Å². The van der Waals surface area contributed by atoms with Crippen molar-refractivity contribution in [1.82, 2.24) is 19.6 Å². The number of hydrogen-bond acceptors (Lipinski definition) is 5. The number of aromatic nitrogens is 4. The first-order chi connectivity index (χ1) is 15.4. The molecule has 0 aliphatic carbocycles. The Morgan fingerprint density at radius 2 is 2.00 bits per heavy atom. The number of aryl methyl sites for hydroxylation is 2. The fraction of sp³-hybridized carbons (Fsp3) is 0.174. The van der Waals surface area contributed by atoms with Crippen molar-refractivity contribution >= 4 is 17.6 Å². The minimum Gasteiger partial charge on any atom is -0.496 e. The van der Waals surface area contributed by atoms with E-state index >= 15 is 0 Å². The number of rotatable bonds is 4. The van der Waals surface area contributed by atoms with Gasteiger partial charge in [-0.1, -0.05) is 11.6 Å². The van der Waals surface area contributed by atoms with E-state index in [-0.39, 0.29) is 12.3 Å². The van der Waals surface area contributed by atoms with Crippen LogP contribution in [0.25, 0.3) is 28.2 Å². The van der Waals surface area contributed by atoms with Crippen LogP contribution >= 0.6 is 11.6 Å². The molecule has 32 heavy (non-hydrogen) atoms. The second-order valence-electron chi connectivity index (χ2n) is 7.59. The van der Waals surface area contributed by atoms with Gasteiger partial charge in [0.25, 0.3) is 0 Å². The van der Waals surface area contributed by atoms with Crippen LogP contribution in [0.4, 0.5) is 0 Å². The van der Waals surface area contributed by atoms with Crippen LogP contribution in [0.1, 0.15) is 21.6 Å². The molecular formula is C23H19ClN4O4. The van der Waals surface area contributed by atoms with Crippen LogP contribution in [-0.4, -0.2) is 37.7 Å². The predicted octanol–water partition coefficient (Wildman–Crippen LogP) is 4.50. The molecule has 0 bridgehead atoms. The van der Waals surface area contributed by atoms with E-state index in [2.05, 4.69) is 10.2 Å². The van der Waals surface area contributed by atoms with Crippen LogP contribution in [0.5, 0.6) is 11.5 Å². The summed E-state index contributed by atoms with van der Waals surface area (Å²) in [4.78, 5) is 12.0. The van der Waals surface area contributed by atoms with Gasteiger partial charge in [-0.05, 0) is 42.8 Å². The van der Waals surface area contributed by atoms with E-state index in [9.17, 15) is 9.90 Å². The third-order valence-electron chi connectivity index (χ3n) is 5.38. The minimum absolute atomic E-state index is 0.0570. The Morgan fingerprint density at radius 1 is 1.19 bits per heavy atom. The van der Waals surface area contributed by atoms with Gasteiger partial charge in [0.2, 0.25) is 0 Å². The lowest BCUT2D eigenvalue weighted by atomic mass is 9.98. The van der Waals surface area contributed by atoms with Crippen molar-refractivity contribution in [3.8, 4) is 39.7 Å². The molecule has 1 N–H and O–H groups in total. The van der Waals surface area contributed by atoms with E-state index in [4.69, 9.17) is 21.1 Å². The van der Waals surface area contributed by atoms with Gasteiger partial charge in [-0.2, -0.15) is 10.2 Å². The van der Waals surface area contributed by atoms with Crippen molar-refractivity contribution in [2.45, 2.75) is 13.5 Å². The maximum absolute atomic E-state index is 12.0. The Kier molecular flexibility index (Phi) is 4.67. The molecule has 0 fully saturated rings. The first kappa shape index (κ1) is 20.1. The Labute approximate surface area is 188 Å². The van der Waals surface area contributed by atoms with E-state index in [0.29, 0.717) is 39.0 Å². The summed E-state index contributed by atoms with van der Waals surface area (Å²) in [6.45, 7) is 2.00. The third-order valence-corrected chi connectivity index (χ3v) is 5.59. The SMILES string of the molecule is COc1cc2c(cc1-c1ccn(C)n1)-c1c(c(C(=O)O)nn1-c1cc(C)cc(Cl)c1)CO2. The highest BCUT2D eigenvalue weighted by Crippen LogP contribution is 2.45. The molecule has 3 heterocycles. The number of halogens is 1. The summed E-state index contributed by atoms with van der Waals surface area (Å²) in [7, 11) is 3.43. The summed E-state index contributed by atoms with van der Waals surface area (Å²) in [5.41, 5.74) is 4.87. The van der Waals surface area contributed by atoms with E-state index in [1.165, 1.54) is 0 Å². The van der Waals surface area contributed by atoms with Crippen molar-refractivity contribution in [1.29, 1.82) is 0 Å². The lowest BCUT2D eigenvalue weighted by Gasteiger charge is -2.22. The van der Waals surface area contributed by atoms with Crippen LogP contribution < -0.4 is 9.47 Å². The van der Waals surface area contributed by atoms with Gasteiger partial charge in [0.1, 0.15) is 18.1 Å². The smallest absolute Gasteiger partial charge is 0.356 e. The molecule has 5 rings (SSSR count). The first-order valence-corrected chi connectivity index (χ1v) is 10.2. The number of methoxy groups -OCH3 is 1. The molecule has 0 spiro atoms. The van der Waals surface area contributed by atoms with Crippen LogP contribution in [0.15, 0.2) is 42.6 Å². The van der Waals surface area contributed by atoms with Crippen LogP contribution in [-0.2, 0) is 13.7 Å². The number of carboxylic acids is 1. The molecule has 162 valence electrons. The number of hydrogen-bond donors (Lipinski definition) is 1. The fourth-order valence-electron chi connectivity index (χ4n) is 4.01. The molecule has 0 amide bonds. The number of fused-ring (bicyclic) bond motifs is 3. The van der Waals surface area contributed by atoms with Gasteiger partial charge in [-0.25, -0.2) is 9.48 Å². The predicted molar refractivity (Wildman–Crippen MR) is 119 cm³/mol. The zero-order chi connectivity index (χ0) is 22.6. The summed E-state index contributed by atoms with van der Waals surface area (Å²) >= 11 is 6.29. The van der Waals surface area contributed by atoms with Crippen molar-refractivity contribution in [2.24, 2.45) is 7.05 Å². The summed E-state index contributed by atoms with van der Waals surface area (Å²) in [6, 6.07) is 11.1. The minimum atomic E-state index is -1.12. The van der Waals surface area contributed by atoms with E-state index in [0.717, 1.165) is 16.8 Å². The normalized spacial score (nSPS) is 12.1. The molecule has 8 nitrogen and oxygen atoms in total. The van der Waals surface area contributed by atoms with Gasteiger partial charge in [-0.3, -0.25) is 4.68 Å². The fourth-order valence-corrected chi connectivity index (χ4v) is 4.29. The molecular weight excluding hydrogens is 432 g/mol. The second kappa shape index (κ2) is 7.42. The van der Waals surface area contributed by atoms with Gasteiger partial charge in [0, 0.05) is 35.5 Å². The van der Waals surface area contributed by atoms with Gasteiger partial charge in [0.15, 0.2) is 5.69 Å². The highest BCUT2D eigenvalue weighted by molar-refractivity contribution is 6.30. The molecule has 1 aliphatic rings. The van der Waals surface area contributed by atoms with Crippen molar-refractivity contribution in [3.05, 3.63) is 64.4 Å². The lowest BCUT2D eigenvalue weighted by Crippen LogP contribution is -2.10. The Bertz CT molecular complexity index is 1370. The zero-order valence-corrected chi connectivity index (χ0v) is 18.3. The highest BCUT2D eigenvalue weighted by Gasteiger charge is 2.31. The molecule has 2 aromatic carbocycles. The highest BCUT2D eigenvalue weighted by atomic mass is 35.5. The van der Waals surface area contributed by atoms with Crippen LogP contribution in [0.3, 0.4) is 0 Å². The molecule has 0 atom stereocenters. The Hall–Kier alpha value is -3.78. The summed E-state index contributed by atoms with van der Waals surface area (Å²) < 4.78 is 14.8. The number of nitrogens with zero attached hydrogens (tertiary/aromatic N) is 4. The largest absolute Gasteiger partial charge is 0.496 e. The van der Waals surface area contributed by atoms with Gasteiger partial charge in [-0.15, -0.1) is 0 Å². The Morgan fingerprint density at radius 3 is 2.66 bits per heavy atom. The maximum Gasteiger partial charge on any atom is 0.356 e. The quantitative estimate of drug-likeness (QED) is 0.492. The van der Waals surface area contributed by atoms with Crippen molar-refractivity contribution in [2.75, 3.05) is 7.11 Å². The number of benzene rings is 2. The van der Waals surface area contributed by atoms with Gasteiger partial charge < -0.3 is 14.6 Å². The molecule has 2 aromatic heterocycles. The van der Waals surface area contributed by atoms with E-state index in [1.54, 1.807) is 28.6 Å². The lowest BCUT2D eigenvalue weighted by molar-refractivity contribution is 0.0687. The van der Waals surface area contributed by atoms with Gasteiger partial charge in [0.05, 0.1) is 29.7 Å². The molecule has 9 heteroatoms. The van der Waals surface area contributed by atoms with Gasteiger partial charge >= 0.3 is 5.97 Å².